The number of aliphatic imine (C=N–C) groups is 1. The Bertz CT molecular complexity index is 1660. The molecule has 0 atom stereocenters. The van der Waals surface area contributed by atoms with Gasteiger partial charge >= 0.3 is 0 Å². The zero-order valence-electron chi connectivity index (χ0n) is 22.4. The SMILES string of the molecule is COc1cc(C(=O)NC(N)=Nc2ccc(C)c(NC(=O)c3ccc4c(c3)Cc3ccccc3-4)c2)cc(C)c1C. The number of amides is 2. The van der Waals surface area contributed by atoms with Crippen LogP contribution in [0.1, 0.15) is 48.5 Å². The second-order valence-corrected chi connectivity index (χ2v) is 9.73. The van der Waals surface area contributed by atoms with Gasteiger partial charge < -0.3 is 15.8 Å². The van der Waals surface area contributed by atoms with Crippen molar-refractivity contribution in [3.63, 3.8) is 0 Å². The van der Waals surface area contributed by atoms with Crippen molar-refractivity contribution in [1.29, 1.82) is 0 Å². The molecule has 5 rings (SSSR count). The first-order chi connectivity index (χ1) is 18.7. The number of fused-ring (bicyclic) bond motifs is 3. The number of hydrogen-bond donors (Lipinski definition) is 3. The maximum Gasteiger partial charge on any atom is 0.258 e. The summed E-state index contributed by atoms with van der Waals surface area (Å²) in [5.74, 6) is -0.0287. The highest BCUT2D eigenvalue weighted by molar-refractivity contribution is 6.07. The molecule has 7 nitrogen and oxygen atoms in total. The number of nitrogens with zero attached hydrogens (tertiary/aromatic N) is 1. The third-order valence-electron chi connectivity index (χ3n) is 7.12. The first-order valence-electron chi connectivity index (χ1n) is 12.7. The number of anilines is 1. The number of carbonyl (C=O) groups is 2. The number of hydrogen-bond acceptors (Lipinski definition) is 4. The summed E-state index contributed by atoms with van der Waals surface area (Å²) in [4.78, 5) is 30.2. The Kier molecular flexibility index (Phi) is 6.90. The third kappa shape index (κ3) is 5.25. The lowest BCUT2D eigenvalue weighted by Gasteiger charge is -2.12. The van der Waals surface area contributed by atoms with Crippen LogP contribution in [0.4, 0.5) is 11.4 Å². The minimum atomic E-state index is -0.392. The molecule has 1 aliphatic rings. The zero-order valence-corrected chi connectivity index (χ0v) is 22.4. The molecule has 0 heterocycles. The minimum absolute atomic E-state index is 0.0588. The van der Waals surface area contributed by atoms with Gasteiger partial charge in [-0.3, -0.25) is 14.9 Å². The van der Waals surface area contributed by atoms with Crippen LogP contribution >= 0.6 is 0 Å². The van der Waals surface area contributed by atoms with Crippen LogP contribution in [0.25, 0.3) is 11.1 Å². The smallest absolute Gasteiger partial charge is 0.258 e. The van der Waals surface area contributed by atoms with Gasteiger partial charge in [0, 0.05) is 16.8 Å². The van der Waals surface area contributed by atoms with E-state index in [9.17, 15) is 9.59 Å². The summed E-state index contributed by atoms with van der Waals surface area (Å²) >= 11 is 0. The molecule has 0 radical (unpaired) electrons. The predicted octanol–water partition coefficient (Wildman–Crippen LogP) is 5.82. The monoisotopic (exact) mass is 518 g/mol. The second kappa shape index (κ2) is 10.5. The number of methoxy groups -OCH3 is 1. The molecule has 4 aromatic rings. The van der Waals surface area contributed by atoms with E-state index >= 15 is 0 Å². The summed E-state index contributed by atoms with van der Waals surface area (Å²) in [5, 5.41) is 5.61. The summed E-state index contributed by atoms with van der Waals surface area (Å²) in [7, 11) is 1.57. The number of ether oxygens (including phenoxy) is 1. The number of benzene rings is 4. The number of aryl methyl sites for hydroxylation is 2. The highest BCUT2D eigenvalue weighted by Crippen LogP contribution is 2.37. The molecule has 2 amide bonds. The average Bonchev–Trinajstić information content (AvgIpc) is 3.29. The topological polar surface area (TPSA) is 106 Å². The molecule has 0 saturated carbocycles. The van der Waals surface area contributed by atoms with Crippen molar-refractivity contribution >= 4 is 29.1 Å². The first kappa shape index (κ1) is 25.7. The van der Waals surface area contributed by atoms with Crippen molar-refractivity contribution in [2.24, 2.45) is 10.7 Å². The van der Waals surface area contributed by atoms with Crippen molar-refractivity contribution in [1.82, 2.24) is 5.32 Å². The standard InChI is InChI=1S/C32H30N4O3/c1-18-9-11-25(34-32(33)36-31(38)24-13-19(2)20(3)29(16-24)39-4)17-28(18)35-30(37)22-10-12-27-23(15-22)14-21-7-5-6-8-26(21)27/h5-13,15-17H,14H2,1-4H3,(H,35,37)(H3,33,34,36,38). The Labute approximate surface area is 227 Å². The molecule has 39 heavy (non-hydrogen) atoms. The lowest BCUT2D eigenvalue weighted by Crippen LogP contribution is -2.36. The van der Waals surface area contributed by atoms with E-state index in [4.69, 9.17) is 10.5 Å². The van der Waals surface area contributed by atoms with E-state index in [1.54, 1.807) is 31.4 Å². The fourth-order valence-corrected chi connectivity index (χ4v) is 4.82. The van der Waals surface area contributed by atoms with Gasteiger partial charge in [0.1, 0.15) is 5.75 Å². The molecule has 7 heteroatoms. The van der Waals surface area contributed by atoms with Gasteiger partial charge in [-0.25, -0.2) is 4.99 Å². The van der Waals surface area contributed by atoms with Gasteiger partial charge in [-0.2, -0.15) is 0 Å². The van der Waals surface area contributed by atoms with Gasteiger partial charge in [-0.1, -0.05) is 36.4 Å². The third-order valence-corrected chi connectivity index (χ3v) is 7.12. The Morgan fingerprint density at radius 3 is 2.38 bits per heavy atom. The average molecular weight is 519 g/mol. The van der Waals surface area contributed by atoms with Crippen LogP contribution in [0.2, 0.25) is 0 Å². The summed E-state index contributed by atoms with van der Waals surface area (Å²) in [5.41, 5.74) is 15.8. The summed E-state index contributed by atoms with van der Waals surface area (Å²) in [6.07, 6.45) is 0.815. The van der Waals surface area contributed by atoms with Crippen molar-refractivity contribution in [2.45, 2.75) is 27.2 Å². The van der Waals surface area contributed by atoms with Gasteiger partial charge in [0.2, 0.25) is 5.96 Å². The van der Waals surface area contributed by atoms with E-state index in [-0.39, 0.29) is 11.9 Å². The van der Waals surface area contributed by atoms with Crippen molar-refractivity contribution < 1.29 is 14.3 Å². The molecule has 1 aliphatic carbocycles. The van der Waals surface area contributed by atoms with Gasteiger partial charge in [0.15, 0.2) is 0 Å². The molecule has 0 unspecified atom stereocenters. The molecule has 4 N–H and O–H groups in total. The fourth-order valence-electron chi connectivity index (χ4n) is 4.82. The van der Waals surface area contributed by atoms with Crippen molar-refractivity contribution in [3.05, 3.63) is 112 Å². The molecular formula is C32H30N4O3. The Morgan fingerprint density at radius 1 is 0.821 bits per heavy atom. The van der Waals surface area contributed by atoms with E-state index in [0.717, 1.165) is 28.7 Å². The number of rotatable bonds is 5. The van der Waals surface area contributed by atoms with Crippen molar-refractivity contribution in [2.75, 3.05) is 12.4 Å². The van der Waals surface area contributed by atoms with Gasteiger partial charge in [0.25, 0.3) is 11.8 Å². The normalized spacial score (nSPS) is 11.9. The molecule has 0 aromatic heterocycles. The van der Waals surface area contributed by atoms with Crippen LogP contribution in [0.3, 0.4) is 0 Å². The van der Waals surface area contributed by atoms with Crippen LogP contribution in [0.15, 0.2) is 77.8 Å². The molecule has 4 aromatic carbocycles. The molecular weight excluding hydrogens is 488 g/mol. The summed E-state index contributed by atoms with van der Waals surface area (Å²) < 4.78 is 5.37. The summed E-state index contributed by atoms with van der Waals surface area (Å²) in [6, 6.07) is 22.9. The lowest BCUT2D eigenvalue weighted by atomic mass is 10.0. The lowest BCUT2D eigenvalue weighted by molar-refractivity contribution is 0.0975. The van der Waals surface area contributed by atoms with E-state index in [1.165, 1.54) is 16.7 Å². The first-order valence-corrected chi connectivity index (χ1v) is 12.7. The van der Waals surface area contributed by atoms with Crippen LogP contribution in [0.5, 0.6) is 5.75 Å². The highest BCUT2D eigenvalue weighted by Gasteiger charge is 2.20. The van der Waals surface area contributed by atoms with Crippen LogP contribution in [-0.2, 0) is 6.42 Å². The highest BCUT2D eigenvalue weighted by atomic mass is 16.5. The fraction of sp³-hybridized carbons (Fsp3) is 0.156. The van der Waals surface area contributed by atoms with E-state index < -0.39 is 5.91 Å². The van der Waals surface area contributed by atoms with Crippen LogP contribution in [0, 0.1) is 20.8 Å². The van der Waals surface area contributed by atoms with E-state index in [2.05, 4.69) is 27.8 Å². The minimum Gasteiger partial charge on any atom is -0.496 e. The quantitative estimate of drug-likeness (QED) is 0.201. The molecule has 0 fully saturated rings. The maximum atomic E-state index is 13.1. The van der Waals surface area contributed by atoms with Crippen LogP contribution in [-0.4, -0.2) is 24.9 Å². The van der Waals surface area contributed by atoms with Crippen LogP contribution < -0.4 is 21.1 Å². The van der Waals surface area contributed by atoms with Gasteiger partial charge in [-0.05, 0) is 103 Å². The van der Waals surface area contributed by atoms with E-state index in [1.807, 2.05) is 57.2 Å². The van der Waals surface area contributed by atoms with Gasteiger partial charge in [0.05, 0.1) is 12.8 Å². The largest absolute Gasteiger partial charge is 0.496 e. The van der Waals surface area contributed by atoms with Gasteiger partial charge in [-0.15, -0.1) is 0 Å². The Hall–Kier alpha value is -4.91. The Balaban J connectivity index is 1.31. The predicted molar refractivity (Wildman–Crippen MR) is 155 cm³/mol. The Morgan fingerprint density at radius 2 is 1.59 bits per heavy atom. The number of nitrogens with two attached hydrogens (primary N) is 1. The van der Waals surface area contributed by atoms with Crippen molar-refractivity contribution in [3.8, 4) is 16.9 Å². The number of carbonyl (C=O) groups excluding carboxylic acids is 2. The molecule has 0 bridgehead atoms. The molecule has 0 saturated heterocycles. The van der Waals surface area contributed by atoms with E-state index in [0.29, 0.717) is 28.3 Å². The number of guanidine groups is 1. The summed E-state index contributed by atoms with van der Waals surface area (Å²) in [6.45, 7) is 5.75. The molecule has 0 spiro atoms. The molecule has 196 valence electrons. The zero-order chi connectivity index (χ0) is 27.7. The maximum absolute atomic E-state index is 13.1. The molecule has 0 aliphatic heterocycles. The second-order valence-electron chi connectivity index (χ2n) is 9.73. The number of nitrogens with one attached hydrogen (secondary N) is 2.